The Morgan fingerprint density at radius 3 is 2.48 bits per heavy atom. The summed E-state index contributed by atoms with van der Waals surface area (Å²) in [5, 5.41) is 0. The van der Waals surface area contributed by atoms with E-state index in [1.807, 2.05) is 6.92 Å². The minimum absolute atomic E-state index is 0.0114. The van der Waals surface area contributed by atoms with Gasteiger partial charge in [-0.2, -0.15) is 8.42 Å². The first-order chi connectivity index (χ1) is 10.7. The fourth-order valence-electron chi connectivity index (χ4n) is 3.35. The van der Waals surface area contributed by atoms with Gasteiger partial charge in [0.25, 0.3) is 10.1 Å². The van der Waals surface area contributed by atoms with E-state index in [4.69, 9.17) is 4.18 Å². The van der Waals surface area contributed by atoms with E-state index in [2.05, 4.69) is 49.4 Å². The third-order valence-electron chi connectivity index (χ3n) is 4.89. The van der Waals surface area contributed by atoms with Crippen LogP contribution in [0.2, 0.25) is 0 Å². The highest BCUT2D eigenvalue weighted by Crippen LogP contribution is 2.52. The Balaban J connectivity index is 2.03. The van der Waals surface area contributed by atoms with Crippen molar-refractivity contribution in [3.8, 4) is 0 Å². The molecule has 0 saturated heterocycles. The van der Waals surface area contributed by atoms with E-state index in [1.54, 1.807) is 24.3 Å². The first kappa shape index (κ1) is 18.9. The molecule has 1 aliphatic carbocycles. The molecular weight excluding hydrogens is 423 g/mol. The number of rotatable bonds is 6. The van der Waals surface area contributed by atoms with Crippen molar-refractivity contribution in [2.24, 2.45) is 17.3 Å². The summed E-state index contributed by atoms with van der Waals surface area (Å²) in [4.78, 5) is 0.227. The van der Waals surface area contributed by atoms with Gasteiger partial charge in [-0.1, -0.05) is 44.5 Å². The minimum Gasteiger partial charge on any atom is -0.266 e. The number of aryl methyl sites for hydroxylation is 1. The summed E-state index contributed by atoms with van der Waals surface area (Å²) in [6, 6.07) is 6.77. The Labute approximate surface area is 153 Å². The first-order valence-corrected chi connectivity index (χ1v) is 10.5. The van der Waals surface area contributed by atoms with Crippen LogP contribution in [0.5, 0.6) is 0 Å². The minimum atomic E-state index is -3.67. The van der Waals surface area contributed by atoms with E-state index < -0.39 is 10.1 Å². The predicted octanol–water partition coefficient (Wildman–Crippen LogP) is 5.09. The fraction of sp³-hybridized carbons (Fsp3) is 0.556. The van der Waals surface area contributed by atoms with Gasteiger partial charge in [-0.3, -0.25) is 4.18 Å². The average Bonchev–Trinajstić information content (AvgIpc) is 2.75. The molecule has 2 rings (SSSR count). The van der Waals surface area contributed by atoms with Crippen LogP contribution in [0.25, 0.3) is 0 Å². The average molecular weight is 448 g/mol. The molecule has 0 unspecified atom stereocenters. The lowest BCUT2D eigenvalue weighted by molar-refractivity contribution is 0.161. The van der Waals surface area contributed by atoms with Gasteiger partial charge in [0.2, 0.25) is 0 Å². The van der Waals surface area contributed by atoms with Gasteiger partial charge in [0.05, 0.1) is 11.5 Å². The maximum atomic E-state index is 12.3. The van der Waals surface area contributed by atoms with Crippen LogP contribution in [0, 0.1) is 24.2 Å². The summed E-state index contributed by atoms with van der Waals surface area (Å²) in [5.41, 5.74) is 1.04. The molecule has 0 spiro atoms. The SMILES string of the molecule is Cc1ccc(S(=O)(=O)OCC[C@]2(C)C(I)=CC[C@H]2C(C)C)cc1. The molecule has 23 heavy (non-hydrogen) atoms. The molecule has 2 atom stereocenters. The van der Waals surface area contributed by atoms with Gasteiger partial charge < -0.3 is 0 Å². The lowest BCUT2D eigenvalue weighted by atomic mass is 9.72. The maximum absolute atomic E-state index is 12.3. The smallest absolute Gasteiger partial charge is 0.266 e. The number of halogens is 1. The second kappa shape index (κ2) is 7.23. The lowest BCUT2D eigenvalue weighted by Crippen LogP contribution is -2.29. The molecule has 1 aromatic rings. The Hall–Kier alpha value is -0.400. The highest BCUT2D eigenvalue weighted by Gasteiger charge is 2.41. The van der Waals surface area contributed by atoms with Gasteiger partial charge >= 0.3 is 0 Å². The van der Waals surface area contributed by atoms with Gasteiger partial charge in [0.1, 0.15) is 0 Å². The third kappa shape index (κ3) is 4.17. The van der Waals surface area contributed by atoms with Gasteiger partial charge in [-0.15, -0.1) is 0 Å². The Morgan fingerprint density at radius 1 is 1.30 bits per heavy atom. The monoisotopic (exact) mass is 448 g/mol. The maximum Gasteiger partial charge on any atom is 0.296 e. The molecule has 0 aromatic heterocycles. The molecule has 3 nitrogen and oxygen atoms in total. The highest BCUT2D eigenvalue weighted by molar-refractivity contribution is 14.1. The van der Waals surface area contributed by atoms with Crippen LogP contribution in [0.3, 0.4) is 0 Å². The molecule has 128 valence electrons. The molecule has 0 radical (unpaired) electrons. The lowest BCUT2D eigenvalue weighted by Gasteiger charge is -2.35. The van der Waals surface area contributed by atoms with E-state index in [-0.39, 0.29) is 16.9 Å². The van der Waals surface area contributed by atoms with Crippen LogP contribution < -0.4 is 0 Å². The zero-order chi connectivity index (χ0) is 17.3. The quantitative estimate of drug-likeness (QED) is 0.450. The fourth-order valence-corrected chi connectivity index (χ4v) is 5.18. The largest absolute Gasteiger partial charge is 0.296 e. The zero-order valence-electron chi connectivity index (χ0n) is 14.2. The molecular formula is C18H25IO3S. The van der Waals surface area contributed by atoms with Gasteiger partial charge in [0.15, 0.2) is 0 Å². The number of benzene rings is 1. The van der Waals surface area contributed by atoms with Crippen LogP contribution in [-0.2, 0) is 14.3 Å². The second-order valence-corrected chi connectivity index (χ2v) is 9.67. The van der Waals surface area contributed by atoms with Crippen molar-refractivity contribution in [3.05, 3.63) is 39.5 Å². The number of hydrogen-bond acceptors (Lipinski definition) is 3. The topological polar surface area (TPSA) is 43.4 Å². The van der Waals surface area contributed by atoms with Crippen molar-refractivity contribution in [3.63, 3.8) is 0 Å². The van der Waals surface area contributed by atoms with Crippen LogP contribution in [0.4, 0.5) is 0 Å². The molecule has 0 amide bonds. The van der Waals surface area contributed by atoms with E-state index in [9.17, 15) is 8.42 Å². The molecule has 0 fully saturated rings. The van der Waals surface area contributed by atoms with Gasteiger partial charge in [0, 0.05) is 5.41 Å². The van der Waals surface area contributed by atoms with E-state index >= 15 is 0 Å². The summed E-state index contributed by atoms with van der Waals surface area (Å²) in [7, 11) is -3.67. The summed E-state index contributed by atoms with van der Waals surface area (Å²) in [5.74, 6) is 1.11. The molecule has 0 N–H and O–H groups in total. The second-order valence-electron chi connectivity index (χ2n) is 6.89. The highest BCUT2D eigenvalue weighted by atomic mass is 127. The van der Waals surface area contributed by atoms with Crippen LogP contribution in [0.15, 0.2) is 38.8 Å². The molecule has 0 bridgehead atoms. The molecule has 0 aliphatic heterocycles. The van der Waals surface area contributed by atoms with Gasteiger partial charge in [-0.05, 0) is 69.9 Å². The van der Waals surface area contributed by atoms with E-state index in [0.717, 1.165) is 18.4 Å². The van der Waals surface area contributed by atoms with E-state index in [1.165, 1.54) is 3.58 Å². The Morgan fingerprint density at radius 2 is 1.91 bits per heavy atom. The van der Waals surface area contributed by atoms with Crippen molar-refractivity contribution >= 4 is 32.7 Å². The molecule has 1 aromatic carbocycles. The first-order valence-electron chi connectivity index (χ1n) is 7.99. The number of hydrogen-bond donors (Lipinski definition) is 0. The molecule has 5 heteroatoms. The molecule has 1 aliphatic rings. The van der Waals surface area contributed by atoms with Crippen molar-refractivity contribution in [1.82, 2.24) is 0 Å². The van der Waals surface area contributed by atoms with Crippen molar-refractivity contribution in [2.75, 3.05) is 6.61 Å². The van der Waals surface area contributed by atoms with Crippen molar-refractivity contribution in [1.29, 1.82) is 0 Å². The van der Waals surface area contributed by atoms with Crippen LogP contribution >= 0.6 is 22.6 Å². The Kier molecular flexibility index (Phi) is 5.95. The Bertz CT molecular complexity index is 677. The van der Waals surface area contributed by atoms with Crippen LogP contribution in [0.1, 0.15) is 39.2 Å². The normalized spacial score (nSPS) is 25.0. The summed E-state index contributed by atoms with van der Waals surface area (Å²) in [6.45, 7) is 8.84. The third-order valence-corrected chi connectivity index (χ3v) is 7.89. The molecule has 0 heterocycles. The standard InChI is InChI=1S/C18H25IO3S/c1-13(2)16-9-10-17(19)18(16,4)11-12-22-23(20,21)15-7-5-14(3)6-8-15/h5-8,10,13,16H,9,11-12H2,1-4H3/t16-,18-/m0/s1. The molecule has 0 saturated carbocycles. The number of allylic oxidation sites excluding steroid dienone is 2. The summed E-state index contributed by atoms with van der Waals surface area (Å²) < 4.78 is 31.2. The van der Waals surface area contributed by atoms with Crippen molar-refractivity contribution in [2.45, 2.75) is 45.4 Å². The van der Waals surface area contributed by atoms with Gasteiger partial charge in [-0.25, -0.2) is 0 Å². The van der Waals surface area contributed by atoms with Crippen LogP contribution in [-0.4, -0.2) is 15.0 Å². The predicted molar refractivity (Wildman–Crippen MR) is 102 cm³/mol. The summed E-state index contributed by atoms with van der Waals surface area (Å²) >= 11 is 2.39. The summed E-state index contributed by atoms with van der Waals surface area (Å²) in [6.07, 6.45) is 4.06. The zero-order valence-corrected chi connectivity index (χ0v) is 17.1. The van der Waals surface area contributed by atoms with E-state index in [0.29, 0.717) is 11.8 Å². The van der Waals surface area contributed by atoms with Crippen molar-refractivity contribution < 1.29 is 12.6 Å².